The van der Waals surface area contributed by atoms with E-state index in [0.29, 0.717) is 17.5 Å². The molecule has 0 spiro atoms. The van der Waals surface area contributed by atoms with Gasteiger partial charge in [-0.25, -0.2) is 9.67 Å². The lowest BCUT2D eigenvalue weighted by Gasteiger charge is -2.03. The Hall–Kier alpha value is -2.44. The number of carbonyl (C=O) groups is 1. The van der Waals surface area contributed by atoms with Crippen LogP contribution in [0.1, 0.15) is 17.4 Å². The van der Waals surface area contributed by atoms with Crippen LogP contribution in [-0.4, -0.2) is 39.2 Å². The SMILES string of the molecule is CCNc1nccc(-n2ccc(C(=O)NC)n2)n1. The lowest BCUT2D eigenvalue weighted by atomic mass is 10.4. The van der Waals surface area contributed by atoms with Gasteiger partial charge in [-0.2, -0.15) is 10.1 Å². The van der Waals surface area contributed by atoms with Crippen LogP contribution in [0.25, 0.3) is 5.82 Å². The second-order valence-electron chi connectivity index (χ2n) is 3.49. The van der Waals surface area contributed by atoms with E-state index in [4.69, 9.17) is 0 Å². The lowest BCUT2D eigenvalue weighted by molar-refractivity contribution is 0.0957. The fourth-order valence-electron chi connectivity index (χ4n) is 1.42. The van der Waals surface area contributed by atoms with Gasteiger partial charge in [-0.15, -0.1) is 0 Å². The van der Waals surface area contributed by atoms with Crippen LogP contribution in [-0.2, 0) is 0 Å². The van der Waals surface area contributed by atoms with Gasteiger partial charge >= 0.3 is 0 Å². The Balaban J connectivity index is 2.28. The van der Waals surface area contributed by atoms with Crippen LogP contribution in [0.5, 0.6) is 0 Å². The lowest BCUT2D eigenvalue weighted by Crippen LogP contribution is -2.18. The minimum atomic E-state index is -0.227. The summed E-state index contributed by atoms with van der Waals surface area (Å²) in [6.45, 7) is 2.71. The van der Waals surface area contributed by atoms with Gasteiger partial charge in [-0.05, 0) is 13.0 Å². The smallest absolute Gasteiger partial charge is 0.271 e. The molecule has 0 aliphatic carbocycles. The summed E-state index contributed by atoms with van der Waals surface area (Å²) < 4.78 is 1.53. The van der Waals surface area contributed by atoms with Gasteiger partial charge in [0.05, 0.1) is 0 Å². The van der Waals surface area contributed by atoms with Crippen molar-refractivity contribution in [3.63, 3.8) is 0 Å². The second-order valence-corrected chi connectivity index (χ2v) is 3.49. The molecule has 1 amide bonds. The summed E-state index contributed by atoms with van der Waals surface area (Å²) in [5.41, 5.74) is 0.348. The van der Waals surface area contributed by atoms with Gasteiger partial charge < -0.3 is 10.6 Å². The van der Waals surface area contributed by atoms with E-state index in [2.05, 4.69) is 25.7 Å². The van der Waals surface area contributed by atoms with E-state index in [1.165, 1.54) is 4.68 Å². The summed E-state index contributed by atoms with van der Waals surface area (Å²) in [6.07, 6.45) is 3.32. The van der Waals surface area contributed by atoms with Crippen LogP contribution in [0.15, 0.2) is 24.5 Å². The average molecular weight is 246 g/mol. The summed E-state index contributed by atoms with van der Waals surface area (Å²) in [4.78, 5) is 19.7. The van der Waals surface area contributed by atoms with Crippen molar-refractivity contribution in [2.75, 3.05) is 18.9 Å². The number of rotatable bonds is 4. The summed E-state index contributed by atoms with van der Waals surface area (Å²) >= 11 is 0. The maximum atomic E-state index is 11.4. The van der Waals surface area contributed by atoms with Crippen LogP contribution in [0, 0.1) is 0 Å². The third-order valence-corrected chi connectivity index (χ3v) is 2.26. The molecule has 0 aliphatic rings. The summed E-state index contributed by atoms with van der Waals surface area (Å²) in [6, 6.07) is 3.36. The first kappa shape index (κ1) is 12.0. The van der Waals surface area contributed by atoms with Gasteiger partial charge in [0.15, 0.2) is 11.5 Å². The predicted octanol–water partition coefficient (Wildman–Crippen LogP) is 0.454. The Bertz CT molecular complexity index is 550. The summed E-state index contributed by atoms with van der Waals surface area (Å²) in [5, 5.41) is 9.67. The third-order valence-electron chi connectivity index (χ3n) is 2.26. The highest BCUT2D eigenvalue weighted by atomic mass is 16.1. The van der Waals surface area contributed by atoms with Crippen molar-refractivity contribution in [3.8, 4) is 5.82 Å². The Labute approximate surface area is 104 Å². The van der Waals surface area contributed by atoms with Crippen molar-refractivity contribution in [2.45, 2.75) is 6.92 Å². The molecule has 18 heavy (non-hydrogen) atoms. The van der Waals surface area contributed by atoms with Crippen LogP contribution >= 0.6 is 0 Å². The molecule has 0 bridgehead atoms. The van der Waals surface area contributed by atoms with E-state index < -0.39 is 0 Å². The molecule has 7 heteroatoms. The molecule has 2 aromatic heterocycles. The minimum Gasteiger partial charge on any atom is -0.354 e. The van der Waals surface area contributed by atoms with Gasteiger partial charge in [0, 0.05) is 32.1 Å². The maximum absolute atomic E-state index is 11.4. The molecule has 2 aromatic rings. The van der Waals surface area contributed by atoms with Gasteiger partial charge in [0.2, 0.25) is 5.95 Å². The number of nitrogens with one attached hydrogen (secondary N) is 2. The average Bonchev–Trinajstić information content (AvgIpc) is 2.88. The van der Waals surface area contributed by atoms with Crippen molar-refractivity contribution >= 4 is 11.9 Å². The summed E-state index contributed by atoms with van der Waals surface area (Å²) in [7, 11) is 1.56. The largest absolute Gasteiger partial charge is 0.354 e. The molecule has 7 nitrogen and oxygen atoms in total. The van der Waals surface area contributed by atoms with E-state index in [1.807, 2.05) is 6.92 Å². The molecular weight excluding hydrogens is 232 g/mol. The number of aromatic nitrogens is 4. The zero-order valence-electron chi connectivity index (χ0n) is 10.2. The first-order valence-corrected chi connectivity index (χ1v) is 5.59. The van der Waals surface area contributed by atoms with E-state index in [1.54, 1.807) is 31.6 Å². The highest BCUT2D eigenvalue weighted by Gasteiger charge is 2.08. The highest BCUT2D eigenvalue weighted by molar-refractivity contribution is 5.91. The van der Waals surface area contributed by atoms with Crippen LogP contribution in [0.4, 0.5) is 5.95 Å². The Morgan fingerprint density at radius 3 is 3.00 bits per heavy atom. The Kier molecular flexibility index (Phi) is 3.52. The first-order valence-electron chi connectivity index (χ1n) is 5.59. The summed E-state index contributed by atoms with van der Waals surface area (Å²) in [5.74, 6) is 0.915. The van der Waals surface area contributed by atoms with Crippen molar-refractivity contribution in [1.29, 1.82) is 0 Å². The molecule has 0 unspecified atom stereocenters. The van der Waals surface area contributed by atoms with Gasteiger partial charge in [-0.3, -0.25) is 4.79 Å². The number of carbonyl (C=O) groups excluding carboxylic acids is 1. The molecule has 94 valence electrons. The predicted molar refractivity (Wildman–Crippen MR) is 66.7 cm³/mol. The standard InChI is InChI=1S/C11H14N6O/c1-3-13-11-14-6-4-9(15-11)17-7-5-8(16-17)10(18)12-2/h4-7H,3H2,1-2H3,(H,12,18)(H,13,14,15). The molecule has 0 aliphatic heterocycles. The Morgan fingerprint density at radius 1 is 1.44 bits per heavy atom. The van der Waals surface area contributed by atoms with Gasteiger partial charge in [0.1, 0.15) is 0 Å². The molecule has 0 fully saturated rings. The molecular formula is C11H14N6O. The van der Waals surface area contributed by atoms with Crippen molar-refractivity contribution in [2.24, 2.45) is 0 Å². The number of anilines is 1. The van der Waals surface area contributed by atoms with Gasteiger partial charge in [0.25, 0.3) is 5.91 Å². The van der Waals surface area contributed by atoms with Crippen LogP contribution < -0.4 is 10.6 Å². The maximum Gasteiger partial charge on any atom is 0.271 e. The molecule has 0 aromatic carbocycles. The quantitative estimate of drug-likeness (QED) is 0.818. The van der Waals surface area contributed by atoms with Crippen molar-refractivity contribution < 1.29 is 4.79 Å². The van der Waals surface area contributed by atoms with E-state index in [-0.39, 0.29) is 5.91 Å². The monoisotopic (exact) mass is 246 g/mol. The molecule has 0 atom stereocenters. The topological polar surface area (TPSA) is 84.7 Å². The zero-order valence-corrected chi connectivity index (χ0v) is 10.2. The fraction of sp³-hybridized carbons (Fsp3) is 0.273. The number of amides is 1. The third kappa shape index (κ3) is 2.45. The van der Waals surface area contributed by atoms with Crippen LogP contribution in [0.3, 0.4) is 0 Å². The molecule has 2 heterocycles. The Morgan fingerprint density at radius 2 is 2.28 bits per heavy atom. The second kappa shape index (κ2) is 5.26. The van der Waals surface area contributed by atoms with E-state index >= 15 is 0 Å². The highest BCUT2D eigenvalue weighted by Crippen LogP contribution is 2.06. The molecule has 0 saturated carbocycles. The number of hydrogen-bond acceptors (Lipinski definition) is 5. The molecule has 0 radical (unpaired) electrons. The van der Waals surface area contributed by atoms with E-state index in [0.717, 1.165) is 6.54 Å². The van der Waals surface area contributed by atoms with Gasteiger partial charge in [-0.1, -0.05) is 0 Å². The molecule has 2 N–H and O–H groups in total. The number of nitrogens with zero attached hydrogens (tertiary/aromatic N) is 4. The van der Waals surface area contributed by atoms with Crippen molar-refractivity contribution in [3.05, 3.63) is 30.2 Å². The zero-order chi connectivity index (χ0) is 13.0. The van der Waals surface area contributed by atoms with Crippen LogP contribution in [0.2, 0.25) is 0 Å². The number of hydrogen-bond donors (Lipinski definition) is 2. The normalized spacial score (nSPS) is 10.1. The fourth-order valence-corrected chi connectivity index (χ4v) is 1.42. The molecule has 0 saturated heterocycles. The van der Waals surface area contributed by atoms with E-state index in [9.17, 15) is 4.79 Å². The first-order chi connectivity index (χ1) is 8.74. The van der Waals surface area contributed by atoms with Crippen molar-refractivity contribution in [1.82, 2.24) is 25.1 Å². The minimum absolute atomic E-state index is 0.227. The molecule has 2 rings (SSSR count).